The van der Waals surface area contributed by atoms with Gasteiger partial charge in [-0.2, -0.15) is 0 Å². The van der Waals surface area contributed by atoms with Gasteiger partial charge in [0.15, 0.2) is 0 Å². The molecule has 2 aliphatic rings. The van der Waals surface area contributed by atoms with Gasteiger partial charge in [0.2, 0.25) is 5.91 Å². The second kappa shape index (κ2) is 21.5. The maximum atomic E-state index is 11.8. The van der Waals surface area contributed by atoms with Gasteiger partial charge < -0.3 is 41.7 Å². The van der Waals surface area contributed by atoms with E-state index >= 15 is 0 Å². The fraction of sp³-hybridized carbons (Fsp3) is 0.839. The minimum Gasteiger partial charge on any atom is -0.481 e. The molecule has 2 rings (SSSR count). The van der Waals surface area contributed by atoms with Crippen molar-refractivity contribution in [1.82, 2.24) is 31.9 Å². The maximum Gasteiger partial charge on any atom is 0.407 e. The SMILES string of the molecule is C[C@@H]1NC(=O)NC1CCCCCC(=O)NCCCCCCNC(=O)OC(C)(C)C.C[C@@H]1NC(=O)NC1CCCCCC(=O)O. The predicted molar refractivity (Wildman–Crippen MR) is 169 cm³/mol. The standard InChI is InChI=1S/C21H40N4O4.C10H18N2O3/c1-16-17(25-19(27)24-16)12-8-7-9-13-18(26)22-14-10-5-6-11-15-23-20(28)29-21(2,3)4;1-7-8(12-10(15)11-7)5-3-2-4-6-9(13)14/h16-17H,5-15H2,1-4H3,(H,22,26)(H,23,28)(H2,24,25,27);7-8H,2-6H2,1H3,(H,13,14)(H2,11,12,15)/t16-,17?;7-,8?/m00/s1. The monoisotopic (exact) mass is 626 g/mol. The normalized spacial score (nSPS) is 20.8. The lowest BCUT2D eigenvalue weighted by Crippen LogP contribution is -2.33. The van der Waals surface area contributed by atoms with Gasteiger partial charge in [-0.15, -0.1) is 0 Å². The van der Waals surface area contributed by atoms with Gasteiger partial charge in [-0.25, -0.2) is 14.4 Å². The average molecular weight is 627 g/mol. The molecule has 7 N–H and O–H groups in total. The van der Waals surface area contributed by atoms with Crippen molar-refractivity contribution in [2.24, 2.45) is 0 Å². The van der Waals surface area contributed by atoms with E-state index in [4.69, 9.17) is 9.84 Å². The van der Waals surface area contributed by atoms with E-state index in [1.165, 1.54) is 0 Å². The number of nitrogens with one attached hydrogen (secondary N) is 6. The summed E-state index contributed by atoms with van der Waals surface area (Å²) in [6.07, 6.45) is 11.7. The average Bonchev–Trinajstić information content (AvgIpc) is 3.41. The van der Waals surface area contributed by atoms with Crippen LogP contribution >= 0.6 is 0 Å². The summed E-state index contributed by atoms with van der Waals surface area (Å²) in [4.78, 5) is 55.7. The molecular formula is C31H58N6O7. The van der Waals surface area contributed by atoms with E-state index < -0.39 is 11.6 Å². The number of aliphatic carboxylic acids is 1. The minimum absolute atomic E-state index is 0.0822. The van der Waals surface area contributed by atoms with E-state index in [-0.39, 0.29) is 54.7 Å². The summed E-state index contributed by atoms with van der Waals surface area (Å²) in [5.41, 5.74) is -0.466. The number of alkyl carbamates (subject to hydrolysis) is 1. The molecule has 0 spiro atoms. The molecule has 0 saturated carbocycles. The summed E-state index contributed by atoms with van der Waals surface area (Å²) < 4.78 is 5.17. The highest BCUT2D eigenvalue weighted by Crippen LogP contribution is 2.13. The molecule has 2 unspecified atom stereocenters. The molecule has 4 atom stereocenters. The smallest absolute Gasteiger partial charge is 0.407 e. The summed E-state index contributed by atoms with van der Waals surface area (Å²) in [7, 11) is 0. The van der Waals surface area contributed by atoms with Crippen molar-refractivity contribution in [3.8, 4) is 0 Å². The molecule has 254 valence electrons. The van der Waals surface area contributed by atoms with Crippen LogP contribution in [0.3, 0.4) is 0 Å². The Bertz CT molecular complexity index is 895. The number of ether oxygens (including phenoxy) is 1. The third-order valence-corrected chi connectivity index (χ3v) is 7.48. The van der Waals surface area contributed by atoms with Crippen molar-refractivity contribution < 1.29 is 33.8 Å². The molecule has 0 radical (unpaired) electrons. The molecule has 2 saturated heterocycles. The Balaban J connectivity index is 0.000000539. The Hall–Kier alpha value is -3.25. The van der Waals surface area contributed by atoms with Crippen LogP contribution in [-0.2, 0) is 14.3 Å². The Morgan fingerprint density at radius 2 is 1.14 bits per heavy atom. The lowest BCUT2D eigenvalue weighted by Gasteiger charge is -2.19. The van der Waals surface area contributed by atoms with Gasteiger partial charge in [-0.3, -0.25) is 9.59 Å². The Labute approximate surface area is 263 Å². The number of carbonyl (C=O) groups is 5. The quantitative estimate of drug-likeness (QED) is 0.104. The van der Waals surface area contributed by atoms with E-state index in [1.54, 1.807) is 0 Å². The number of carboxylic acids is 1. The topological polar surface area (TPSA) is 187 Å². The lowest BCUT2D eigenvalue weighted by molar-refractivity contribution is -0.137. The highest BCUT2D eigenvalue weighted by Gasteiger charge is 2.27. The van der Waals surface area contributed by atoms with E-state index in [1.807, 2.05) is 34.6 Å². The molecule has 13 nitrogen and oxygen atoms in total. The van der Waals surface area contributed by atoms with Crippen molar-refractivity contribution in [2.75, 3.05) is 13.1 Å². The van der Waals surface area contributed by atoms with Gasteiger partial charge in [-0.1, -0.05) is 38.5 Å². The number of carboxylic acid groups (broad SMARTS) is 1. The molecule has 0 aromatic carbocycles. The fourth-order valence-corrected chi connectivity index (χ4v) is 5.00. The zero-order valence-corrected chi connectivity index (χ0v) is 27.5. The van der Waals surface area contributed by atoms with Crippen LogP contribution in [0.15, 0.2) is 0 Å². The van der Waals surface area contributed by atoms with Crippen molar-refractivity contribution in [1.29, 1.82) is 0 Å². The van der Waals surface area contributed by atoms with Crippen LogP contribution in [0, 0.1) is 0 Å². The minimum atomic E-state index is -0.737. The lowest BCUT2D eigenvalue weighted by atomic mass is 10.0. The van der Waals surface area contributed by atoms with Gasteiger partial charge in [0.25, 0.3) is 0 Å². The first-order valence-electron chi connectivity index (χ1n) is 16.4. The van der Waals surface area contributed by atoms with Gasteiger partial charge >= 0.3 is 24.1 Å². The van der Waals surface area contributed by atoms with Crippen LogP contribution in [0.25, 0.3) is 0 Å². The largest absolute Gasteiger partial charge is 0.481 e. The molecular weight excluding hydrogens is 568 g/mol. The number of rotatable bonds is 19. The fourth-order valence-electron chi connectivity index (χ4n) is 5.00. The highest BCUT2D eigenvalue weighted by molar-refractivity contribution is 5.77. The van der Waals surface area contributed by atoms with Crippen LogP contribution in [0.2, 0.25) is 0 Å². The van der Waals surface area contributed by atoms with Crippen molar-refractivity contribution in [3.05, 3.63) is 0 Å². The summed E-state index contributed by atoms with van der Waals surface area (Å²) in [6.45, 7) is 10.8. The number of amides is 6. The number of hydrogen-bond donors (Lipinski definition) is 7. The van der Waals surface area contributed by atoms with Crippen molar-refractivity contribution >= 4 is 30.0 Å². The molecule has 2 aliphatic heterocycles. The van der Waals surface area contributed by atoms with Crippen LogP contribution in [-0.4, -0.2) is 78.0 Å². The van der Waals surface area contributed by atoms with Crippen LogP contribution in [0.4, 0.5) is 14.4 Å². The maximum absolute atomic E-state index is 11.8. The zero-order valence-electron chi connectivity index (χ0n) is 27.5. The second-order valence-electron chi connectivity index (χ2n) is 12.8. The summed E-state index contributed by atoms with van der Waals surface area (Å²) in [5, 5.41) is 25.5. The van der Waals surface area contributed by atoms with Crippen LogP contribution < -0.4 is 31.9 Å². The Kier molecular flexibility index (Phi) is 18.9. The molecule has 13 heteroatoms. The molecule has 0 bridgehead atoms. The van der Waals surface area contributed by atoms with Gasteiger partial charge in [0.05, 0.1) is 12.1 Å². The molecule has 2 fully saturated rings. The van der Waals surface area contributed by atoms with E-state index in [9.17, 15) is 24.0 Å². The van der Waals surface area contributed by atoms with Crippen molar-refractivity contribution in [2.45, 2.75) is 154 Å². The van der Waals surface area contributed by atoms with Gasteiger partial charge in [-0.05, 0) is 73.1 Å². The highest BCUT2D eigenvalue weighted by atomic mass is 16.6. The molecule has 2 heterocycles. The second-order valence-corrected chi connectivity index (χ2v) is 12.8. The Morgan fingerprint density at radius 3 is 1.57 bits per heavy atom. The van der Waals surface area contributed by atoms with Crippen LogP contribution in [0.1, 0.15) is 125 Å². The summed E-state index contributed by atoms with van der Waals surface area (Å²) in [5.74, 6) is -0.625. The van der Waals surface area contributed by atoms with Crippen molar-refractivity contribution in [3.63, 3.8) is 0 Å². The molecule has 6 amide bonds. The molecule has 0 aromatic rings. The molecule has 0 aliphatic carbocycles. The zero-order chi connectivity index (χ0) is 33.0. The Morgan fingerprint density at radius 1 is 0.682 bits per heavy atom. The first-order valence-corrected chi connectivity index (χ1v) is 16.4. The molecule has 0 aromatic heterocycles. The third-order valence-electron chi connectivity index (χ3n) is 7.48. The molecule has 44 heavy (non-hydrogen) atoms. The number of carbonyl (C=O) groups excluding carboxylic acids is 4. The first kappa shape index (κ1) is 38.8. The summed E-state index contributed by atoms with van der Waals surface area (Å²) in [6, 6.07) is 0.577. The van der Waals surface area contributed by atoms with Crippen LogP contribution in [0.5, 0.6) is 0 Å². The van der Waals surface area contributed by atoms with Gasteiger partial charge in [0.1, 0.15) is 5.60 Å². The number of urea groups is 2. The van der Waals surface area contributed by atoms with E-state index in [0.29, 0.717) is 19.5 Å². The number of hydrogen-bond acceptors (Lipinski definition) is 6. The van der Waals surface area contributed by atoms with Gasteiger partial charge in [0, 0.05) is 38.0 Å². The van der Waals surface area contributed by atoms with E-state index in [2.05, 4.69) is 31.9 Å². The number of unbranched alkanes of at least 4 members (excludes halogenated alkanes) is 7. The third kappa shape index (κ3) is 19.8. The van der Waals surface area contributed by atoms with E-state index in [0.717, 1.165) is 77.0 Å². The predicted octanol–water partition coefficient (Wildman–Crippen LogP) is 4.30. The summed E-state index contributed by atoms with van der Waals surface area (Å²) >= 11 is 0. The first-order chi connectivity index (χ1) is 20.8.